The van der Waals surface area contributed by atoms with Gasteiger partial charge in [-0.1, -0.05) is 44.5 Å². The maximum Gasteiger partial charge on any atom is 0.256 e. The molecule has 2 heterocycles. The van der Waals surface area contributed by atoms with E-state index in [1.165, 1.54) is 6.20 Å². The highest BCUT2D eigenvalue weighted by atomic mass is 35.5. The fourth-order valence-corrected chi connectivity index (χ4v) is 6.14. The van der Waals surface area contributed by atoms with E-state index in [0.717, 1.165) is 24.8 Å². The van der Waals surface area contributed by atoms with Crippen LogP contribution in [0.5, 0.6) is 0 Å². The highest BCUT2D eigenvalue weighted by Gasteiger charge is 2.31. The summed E-state index contributed by atoms with van der Waals surface area (Å²) in [5, 5.41) is 0.759. The van der Waals surface area contributed by atoms with Crippen molar-refractivity contribution in [2.75, 3.05) is 13.1 Å². The molecule has 0 N–H and O–H groups in total. The van der Waals surface area contributed by atoms with Gasteiger partial charge >= 0.3 is 0 Å². The number of rotatable bonds is 5. The number of hydrogen-bond donors (Lipinski definition) is 0. The molecule has 1 saturated heterocycles. The molecular weight excluding hydrogens is 456 g/mol. The van der Waals surface area contributed by atoms with Crippen LogP contribution >= 0.6 is 11.6 Å². The first kappa shape index (κ1) is 23.7. The predicted octanol–water partition coefficient (Wildman–Crippen LogP) is 5.79. The molecule has 7 heteroatoms. The zero-order valence-electron chi connectivity index (χ0n) is 19.2. The Morgan fingerprint density at radius 2 is 1.79 bits per heavy atom. The van der Waals surface area contributed by atoms with Gasteiger partial charge in [-0.05, 0) is 67.0 Å². The summed E-state index contributed by atoms with van der Waals surface area (Å²) in [6.07, 6.45) is 4.07. The largest absolute Gasteiger partial charge is 0.339 e. The van der Waals surface area contributed by atoms with Crippen molar-refractivity contribution in [3.8, 4) is 0 Å². The number of carbonyl (C=O) groups is 1. The quantitative estimate of drug-likeness (QED) is 0.459. The molecule has 1 aliphatic rings. The van der Waals surface area contributed by atoms with Gasteiger partial charge in [0, 0.05) is 29.7 Å². The third kappa shape index (κ3) is 4.92. The zero-order valence-corrected chi connectivity index (χ0v) is 20.8. The van der Waals surface area contributed by atoms with Crippen LogP contribution < -0.4 is 0 Å². The maximum atomic E-state index is 13.9. The lowest BCUT2D eigenvalue weighted by Crippen LogP contribution is -2.38. The number of sulfone groups is 1. The van der Waals surface area contributed by atoms with Crippen molar-refractivity contribution >= 4 is 38.2 Å². The smallest absolute Gasteiger partial charge is 0.256 e. The molecule has 0 unspecified atom stereocenters. The fraction of sp³-hybridized carbons (Fsp3) is 0.385. The molecule has 1 aliphatic heterocycles. The molecule has 174 valence electrons. The first-order chi connectivity index (χ1) is 15.7. The highest BCUT2D eigenvalue weighted by molar-refractivity contribution is 7.91. The molecule has 1 amide bonds. The van der Waals surface area contributed by atoms with E-state index in [1.54, 1.807) is 35.2 Å². The predicted molar refractivity (Wildman–Crippen MR) is 131 cm³/mol. The van der Waals surface area contributed by atoms with E-state index >= 15 is 0 Å². The second-order valence-electron chi connectivity index (χ2n) is 9.38. The first-order valence-corrected chi connectivity index (χ1v) is 13.2. The molecule has 5 nitrogen and oxygen atoms in total. The Labute approximate surface area is 200 Å². The summed E-state index contributed by atoms with van der Waals surface area (Å²) in [7, 11) is -4.00. The molecule has 0 bridgehead atoms. The monoisotopic (exact) mass is 484 g/mol. The molecule has 1 aromatic heterocycles. The molecule has 0 radical (unpaired) electrons. The van der Waals surface area contributed by atoms with E-state index in [1.807, 2.05) is 12.1 Å². The number of benzene rings is 2. The average Bonchev–Trinajstić information content (AvgIpc) is 2.78. The van der Waals surface area contributed by atoms with E-state index < -0.39 is 9.84 Å². The molecule has 3 aromatic rings. The maximum absolute atomic E-state index is 13.9. The third-order valence-electron chi connectivity index (χ3n) is 6.23. The number of halogens is 1. The lowest BCUT2D eigenvalue weighted by atomic mass is 9.98. The molecule has 0 atom stereocenters. The van der Waals surface area contributed by atoms with Gasteiger partial charge in [-0.2, -0.15) is 0 Å². The molecule has 2 aromatic carbocycles. The first-order valence-electron chi connectivity index (χ1n) is 11.4. The van der Waals surface area contributed by atoms with Crippen molar-refractivity contribution in [1.82, 2.24) is 9.88 Å². The Morgan fingerprint density at radius 3 is 2.42 bits per heavy atom. The van der Waals surface area contributed by atoms with Gasteiger partial charge in [0.15, 0.2) is 0 Å². The van der Waals surface area contributed by atoms with Crippen LogP contribution in [0.15, 0.2) is 58.5 Å². The van der Waals surface area contributed by atoms with E-state index in [9.17, 15) is 13.2 Å². The summed E-state index contributed by atoms with van der Waals surface area (Å²) in [4.78, 5) is 19.8. The standard InChI is InChI=1S/C26H29ClN2O3S/c1-17(2)14-19-4-7-21(8-5-19)33(31,32)25-22-15-20(27)6-9-24(22)28-16-23(25)26(30)29-12-10-18(3)11-13-29/h4-9,15-18H,10-14H2,1-3H3. The van der Waals surface area contributed by atoms with Gasteiger partial charge in [0.25, 0.3) is 5.91 Å². The normalized spacial score (nSPS) is 15.4. The van der Waals surface area contributed by atoms with Gasteiger partial charge in [-0.15, -0.1) is 0 Å². The van der Waals surface area contributed by atoms with Crippen LogP contribution in [0.3, 0.4) is 0 Å². The van der Waals surface area contributed by atoms with E-state index in [2.05, 4.69) is 25.8 Å². The Hall–Kier alpha value is -2.44. The minimum absolute atomic E-state index is 0.0183. The van der Waals surface area contributed by atoms with Crippen molar-refractivity contribution in [2.24, 2.45) is 11.8 Å². The second-order valence-corrected chi connectivity index (χ2v) is 11.7. The summed E-state index contributed by atoms with van der Waals surface area (Å²) < 4.78 is 27.8. The van der Waals surface area contributed by atoms with Crippen molar-refractivity contribution in [2.45, 2.75) is 49.8 Å². The van der Waals surface area contributed by atoms with Gasteiger partial charge in [0.2, 0.25) is 9.84 Å². The van der Waals surface area contributed by atoms with Crippen molar-refractivity contribution < 1.29 is 13.2 Å². The minimum Gasteiger partial charge on any atom is -0.339 e. The summed E-state index contributed by atoms with van der Waals surface area (Å²) in [5.74, 6) is 0.719. The number of likely N-dealkylation sites (tertiary alicyclic amines) is 1. The lowest BCUT2D eigenvalue weighted by molar-refractivity contribution is 0.0693. The van der Waals surface area contributed by atoms with Crippen molar-refractivity contribution in [1.29, 1.82) is 0 Å². The Balaban J connectivity index is 1.86. The van der Waals surface area contributed by atoms with Gasteiger partial charge in [-0.25, -0.2) is 8.42 Å². The summed E-state index contributed by atoms with van der Waals surface area (Å²) >= 11 is 6.23. The number of carbonyl (C=O) groups excluding carboxylic acids is 1. The van der Waals surface area contributed by atoms with Gasteiger partial charge in [-0.3, -0.25) is 9.78 Å². The Morgan fingerprint density at radius 1 is 1.12 bits per heavy atom. The van der Waals surface area contributed by atoms with Crippen LogP contribution in [-0.2, 0) is 16.3 Å². The van der Waals surface area contributed by atoms with Crippen molar-refractivity contribution in [3.05, 3.63) is 64.8 Å². The molecule has 4 rings (SSSR count). The van der Waals surface area contributed by atoms with E-state index in [-0.39, 0.29) is 21.3 Å². The number of piperidine rings is 1. The number of amides is 1. The van der Waals surface area contributed by atoms with Gasteiger partial charge < -0.3 is 4.90 Å². The summed E-state index contributed by atoms with van der Waals surface area (Å²) in [5.41, 5.74) is 1.66. The van der Waals surface area contributed by atoms with Crippen molar-refractivity contribution in [3.63, 3.8) is 0 Å². The number of nitrogens with zero attached hydrogens (tertiary/aromatic N) is 2. The summed E-state index contributed by atoms with van der Waals surface area (Å²) in [6, 6.07) is 11.9. The third-order valence-corrected chi connectivity index (χ3v) is 8.33. The van der Waals surface area contributed by atoms with E-state index in [0.29, 0.717) is 40.9 Å². The van der Waals surface area contributed by atoms with Gasteiger partial charge in [0.1, 0.15) is 0 Å². The Bertz CT molecular complexity index is 1280. The number of aromatic nitrogens is 1. The molecule has 0 aliphatic carbocycles. The lowest BCUT2D eigenvalue weighted by Gasteiger charge is -2.30. The SMILES string of the molecule is CC(C)Cc1ccc(S(=O)(=O)c2c(C(=O)N3CCC(C)CC3)cnc3ccc(Cl)cc23)cc1. The molecule has 0 spiro atoms. The number of fused-ring (bicyclic) bond motifs is 1. The topological polar surface area (TPSA) is 67.3 Å². The Kier molecular flexibility index (Phi) is 6.78. The summed E-state index contributed by atoms with van der Waals surface area (Å²) in [6.45, 7) is 7.63. The van der Waals surface area contributed by atoms with Crippen LogP contribution in [0.2, 0.25) is 5.02 Å². The minimum atomic E-state index is -4.00. The van der Waals surface area contributed by atoms with E-state index in [4.69, 9.17) is 11.6 Å². The zero-order chi connectivity index (χ0) is 23.8. The second kappa shape index (κ2) is 9.43. The molecule has 0 saturated carbocycles. The van der Waals surface area contributed by atoms with Gasteiger partial charge in [0.05, 0.1) is 20.9 Å². The molecule has 33 heavy (non-hydrogen) atoms. The van der Waals surface area contributed by atoms with Crippen LogP contribution in [0.4, 0.5) is 0 Å². The molecular formula is C26H29ClN2O3S. The average molecular weight is 485 g/mol. The highest BCUT2D eigenvalue weighted by Crippen LogP contribution is 2.33. The van der Waals surface area contributed by atoms with Crippen LogP contribution in [0, 0.1) is 11.8 Å². The van der Waals surface area contributed by atoms with Crippen LogP contribution in [0.25, 0.3) is 10.9 Å². The number of hydrogen-bond acceptors (Lipinski definition) is 4. The molecule has 1 fully saturated rings. The van der Waals surface area contributed by atoms with Crippen LogP contribution in [0.1, 0.15) is 49.5 Å². The fourth-order valence-electron chi connectivity index (χ4n) is 4.36. The number of pyridine rings is 1. The van der Waals surface area contributed by atoms with Crippen LogP contribution in [-0.4, -0.2) is 37.3 Å².